The maximum Gasteiger partial charge on any atom is 0.265 e. The summed E-state index contributed by atoms with van der Waals surface area (Å²) in [4.78, 5) is 12.0. The number of nitrogens with zero attached hydrogens (tertiary/aromatic N) is 1. The Bertz CT molecular complexity index is 506. The predicted octanol–water partition coefficient (Wildman–Crippen LogP) is 0.307. The molecule has 1 aromatic rings. The van der Waals surface area contributed by atoms with Crippen LogP contribution in [0.5, 0.6) is 0 Å². The van der Waals surface area contributed by atoms with Gasteiger partial charge >= 0.3 is 0 Å². The third kappa shape index (κ3) is 2.73. The summed E-state index contributed by atoms with van der Waals surface area (Å²) in [5.41, 5.74) is 12.8. The maximum absolute atomic E-state index is 12.3. The molecule has 1 unspecified atom stereocenters. The van der Waals surface area contributed by atoms with Crippen LogP contribution in [-0.2, 0) is 9.36 Å². The van der Waals surface area contributed by atoms with Crippen LogP contribution in [0.2, 0.25) is 0 Å². The Morgan fingerprint density at radius 1 is 1.32 bits per heavy atom. The van der Waals surface area contributed by atoms with Crippen molar-refractivity contribution in [1.82, 2.24) is 5.01 Å². The van der Waals surface area contributed by atoms with Crippen molar-refractivity contribution in [2.24, 2.45) is 11.6 Å². The molecule has 0 aromatic heterocycles. The van der Waals surface area contributed by atoms with Crippen LogP contribution in [-0.4, -0.2) is 22.7 Å². The van der Waals surface area contributed by atoms with E-state index >= 15 is 0 Å². The van der Waals surface area contributed by atoms with Crippen molar-refractivity contribution in [2.45, 2.75) is 18.1 Å². The maximum atomic E-state index is 12.3. The quantitative estimate of drug-likeness (QED) is 0.273. The lowest BCUT2D eigenvalue weighted by Gasteiger charge is -2.36. The van der Waals surface area contributed by atoms with E-state index in [1.165, 1.54) is 0 Å². The van der Waals surface area contributed by atoms with Crippen molar-refractivity contribution in [3.63, 3.8) is 0 Å². The van der Waals surface area contributed by atoms with Gasteiger partial charge in [-0.2, -0.15) is 0 Å². The van der Waals surface area contributed by atoms with Gasteiger partial charge in [-0.15, -0.1) is 0 Å². The molecule has 7 N–H and O–H groups in total. The lowest BCUT2D eigenvalue weighted by Crippen LogP contribution is -2.59. The number of piperidine rings is 1. The molecule has 8 heteroatoms. The van der Waals surface area contributed by atoms with E-state index in [0.717, 1.165) is 5.01 Å². The smallest absolute Gasteiger partial charge is 0.265 e. The van der Waals surface area contributed by atoms with Crippen molar-refractivity contribution in [2.75, 3.05) is 17.4 Å². The van der Waals surface area contributed by atoms with Crippen LogP contribution in [0, 0.1) is 0 Å². The van der Waals surface area contributed by atoms with Crippen molar-refractivity contribution in [1.29, 1.82) is 0 Å². The molecule has 0 aliphatic carbocycles. The number of carbonyl (C=O) groups is 1. The normalized spacial score (nSPS) is 25.2. The van der Waals surface area contributed by atoms with Crippen molar-refractivity contribution in [3.05, 3.63) is 24.3 Å². The minimum Gasteiger partial charge on any atom is -0.399 e. The van der Waals surface area contributed by atoms with Gasteiger partial charge in [0, 0.05) is 17.9 Å². The van der Waals surface area contributed by atoms with Crippen molar-refractivity contribution >= 4 is 25.2 Å². The molecule has 1 aliphatic heterocycles. The molecule has 1 aromatic carbocycles. The number of nitrogen functional groups attached to an aromatic ring is 1. The van der Waals surface area contributed by atoms with Gasteiger partial charge in [-0.05, 0) is 37.1 Å². The molecule has 19 heavy (non-hydrogen) atoms. The van der Waals surface area contributed by atoms with Crippen LogP contribution in [0.1, 0.15) is 12.8 Å². The minimum atomic E-state index is -2.57. The number of rotatable bonds is 3. The number of carbonyl (C=O) groups excluding carboxylic acids is 1. The molecule has 7 nitrogen and oxygen atoms in total. The largest absolute Gasteiger partial charge is 0.399 e. The van der Waals surface area contributed by atoms with Gasteiger partial charge in [-0.25, -0.2) is 5.84 Å². The predicted molar refractivity (Wildman–Crippen MR) is 75.5 cm³/mol. The Kier molecular flexibility index (Phi) is 3.80. The number of nitrogens with one attached hydrogen (secondary N) is 1. The molecular weight excluding hydrogens is 265 g/mol. The number of amides is 1. The standard InChI is InChI=1S/C11H18N5O2P/c12-8-2-4-9(5-3-8)15-19(18)11(13)6-1-7-16(14)10(11)17/h2-5,19H,1,6-7,12-14H2,(H,15,18)/t11-/m0/s1. The SMILES string of the molecule is Nc1ccc(N[PH](=O)[C@@]2(N)CCCN(N)C2=O)cc1. The summed E-state index contributed by atoms with van der Waals surface area (Å²) < 4.78 is 12.3. The topological polar surface area (TPSA) is 127 Å². The Morgan fingerprint density at radius 2 is 1.95 bits per heavy atom. The highest BCUT2D eigenvalue weighted by Crippen LogP contribution is 2.41. The van der Waals surface area contributed by atoms with E-state index in [0.29, 0.717) is 30.8 Å². The number of nitrogens with two attached hydrogens (primary N) is 3. The fourth-order valence-electron chi connectivity index (χ4n) is 2.01. The van der Waals surface area contributed by atoms with Gasteiger partial charge < -0.3 is 21.1 Å². The summed E-state index contributed by atoms with van der Waals surface area (Å²) in [6.45, 7) is 0.439. The highest BCUT2D eigenvalue weighted by Gasteiger charge is 2.45. The molecule has 0 saturated carbocycles. The molecular formula is C11H18N5O2P. The molecule has 0 radical (unpaired) electrons. The third-order valence-corrected chi connectivity index (χ3v) is 4.98. The first-order chi connectivity index (χ1) is 8.93. The van der Waals surface area contributed by atoms with Gasteiger partial charge in [0.15, 0.2) is 13.2 Å². The molecule has 0 spiro atoms. The van der Waals surface area contributed by atoms with Crippen LogP contribution in [0.4, 0.5) is 11.4 Å². The molecule has 1 heterocycles. The first kappa shape index (κ1) is 13.9. The molecule has 1 amide bonds. The lowest BCUT2D eigenvalue weighted by atomic mass is 10.1. The molecule has 0 bridgehead atoms. The van der Waals surface area contributed by atoms with Crippen LogP contribution in [0.15, 0.2) is 24.3 Å². The minimum absolute atomic E-state index is 0.360. The van der Waals surface area contributed by atoms with Crippen LogP contribution in [0.25, 0.3) is 0 Å². The molecule has 2 atom stereocenters. The molecule has 2 rings (SSSR count). The van der Waals surface area contributed by atoms with Crippen LogP contribution < -0.4 is 22.4 Å². The summed E-state index contributed by atoms with van der Waals surface area (Å²) in [6.07, 6.45) is 0.998. The van der Waals surface area contributed by atoms with Crippen LogP contribution in [0.3, 0.4) is 0 Å². The molecule has 1 fully saturated rings. The summed E-state index contributed by atoms with van der Waals surface area (Å²) >= 11 is 0. The van der Waals surface area contributed by atoms with Crippen molar-refractivity contribution < 1.29 is 9.36 Å². The first-order valence-corrected chi connectivity index (χ1v) is 7.37. The first-order valence-electron chi connectivity index (χ1n) is 5.96. The van der Waals surface area contributed by atoms with Gasteiger partial charge in [0.1, 0.15) is 0 Å². The fraction of sp³-hybridized carbons (Fsp3) is 0.364. The van der Waals surface area contributed by atoms with Crippen LogP contribution >= 0.6 is 7.95 Å². The van der Waals surface area contributed by atoms with Gasteiger partial charge in [-0.1, -0.05) is 0 Å². The zero-order chi connectivity index (χ0) is 14.0. The highest BCUT2D eigenvalue weighted by atomic mass is 31.1. The number of anilines is 2. The van der Waals surface area contributed by atoms with E-state index in [1.807, 2.05) is 0 Å². The zero-order valence-corrected chi connectivity index (χ0v) is 11.4. The second-order valence-corrected chi connectivity index (χ2v) is 6.45. The van der Waals surface area contributed by atoms with E-state index in [9.17, 15) is 9.36 Å². The third-order valence-electron chi connectivity index (χ3n) is 3.19. The van der Waals surface area contributed by atoms with Gasteiger partial charge in [0.25, 0.3) is 5.91 Å². The Balaban J connectivity index is 2.14. The number of hydrazine groups is 1. The van der Waals surface area contributed by atoms with E-state index in [1.54, 1.807) is 24.3 Å². The van der Waals surface area contributed by atoms with E-state index < -0.39 is 19.1 Å². The zero-order valence-electron chi connectivity index (χ0n) is 10.4. The van der Waals surface area contributed by atoms with Gasteiger partial charge in [-0.3, -0.25) is 9.80 Å². The summed E-state index contributed by atoms with van der Waals surface area (Å²) in [5.74, 6) is 5.06. The second kappa shape index (κ2) is 5.21. The fourth-order valence-corrected chi connectivity index (χ4v) is 3.41. The average Bonchev–Trinajstić information content (AvgIpc) is 2.38. The van der Waals surface area contributed by atoms with E-state index in [4.69, 9.17) is 17.3 Å². The molecule has 104 valence electrons. The van der Waals surface area contributed by atoms with Crippen molar-refractivity contribution in [3.8, 4) is 0 Å². The summed E-state index contributed by atoms with van der Waals surface area (Å²) in [5, 5.41) is 2.41. The van der Waals surface area contributed by atoms with E-state index in [2.05, 4.69) is 5.09 Å². The van der Waals surface area contributed by atoms with Gasteiger partial charge in [0.2, 0.25) is 0 Å². The Labute approximate surface area is 111 Å². The van der Waals surface area contributed by atoms with Gasteiger partial charge in [0.05, 0.1) is 0 Å². The number of hydrogen-bond acceptors (Lipinski definition) is 5. The highest BCUT2D eigenvalue weighted by molar-refractivity contribution is 7.49. The average molecular weight is 283 g/mol. The molecule has 1 aliphatic rings. The molecule has 1 saturated heterocycles. The lowest BCUT2D eigenvalue weighted by molar-refractivity contribution is -0.136. The van der Waals surface area contributed by atoms with E-state index in [-0.39, 0.29) is 0 Å². The number of hydrogen-bond donors (Lipinski definition) is 4. The summed E-state index contributed by atoms with van der Waals surface area (Å²) in [7, 11) is -2.57. The Hall–Kier alpha value is -1.56. The second-order valence-electron chi connectivity index (χ2n) is 4.65. The monoisotopic (exact) mass is 283 g/mol. The number of benzene rings is 1. The Morgan fingerprint density at radius 3 is 2.58 bits per heavy atom. The summed E-state index contributed by atoms with van der Waals surface area (Å²) in [6, 6.07) is 6.74.